The fourth-order valence-electron chi connectivity index (χ4n) is 1.72. The number of benzene rings is 2. The number of halogens is 1. The highest BCUT2D eigenvalue weighted by molar-refractivity contribution is 6.30. The molecule has 2 N–H and O–H groups in total. The minimum atomic E-state index is -0.375. The van der Waals surface area contributed by atoms with Gasteiger partial charge in [-0.3, -0.25) is 9.59 Å². The van der Waals surface area contributed by atoms with Gasteiger partial charge in [0, 0.05) is 22.0 Å². The first-order chi connectivity index (χ1) is 10.6. The van der Waals surface area contributed by atoms with E-state index < -0.39 is 0 Å². The Hall–Kier alpha value is -2.84. The maximum absolute atomic E-state index is 12.0. The molecule has 22 heavy (non-hydrogen) atoms. The van der Waals surface area contributed by atoms with E-state index in [4.69, 9.17) is 16.9 Å². The van der Waals surface area contributed by atoms with E-state index in [0.29, 0.717) is 22.0 Å². The molecule has 0 atom stereocenters. The molecule has 0 saturated carbocycles. The van der Waals surface area contributed by atoms with E-state index in [-0.39, 0.29) is 18.2 Å². The van der Waals surface area contributed by atoms with Crippen molar-refractivity contribution in [2.24, 2.45) is 0 Å². The molecule has 2 aromatic carbocycles. The van der Waals surface area contributed by atoms with Crippen molar-refractivity contribution in [3.63, 3.8) is 0 Å². The highest BCUT2D eigenvalue weighted by Gasteiger charge is 2.06. The van der Waals surface area contributed by atoms with Gasteiger partial charge in [0.15, 0.2) is 0 Å². The van der Waals surface area contributed by atoms with Gasteiger partial charge in [0.1, 0.15) is 6.42 Å². The molecule has 0 aliphatic heterocycles. The minimum absolute atomic E-state index is 0.199. The van der Waals surface area contributed by atoms with Crippen LogP contribution in [0, 0.1) is 11.3 Å². The summed E-state index contributed by atoms with van der Waals surface area (Å²) in [6.07, 6.45) is -0.199. The number of carbonyl (C=O) groups is 2. The lowest BCUT2D eigenvalue weighted by atomic mass is 10.2. The molecule has 0 aromatic heterocycles. The predicted molar refractivity (Wildman–Crippen MR) is 84.7 cm³/mol. The van der Waals surface area contributed by atoms with Gasteiger partial charge in [-0.15, -0.1) is 0 Å². The Morgan fingerprint density at radius 3 is 2.05 bits per heavy atom. The zero-order valence-corrected chi connectivity index (χ0v) is 12.2. The lowest BCUT2D eigenvalue weighted by molar-refractivity contribution is -0.115. The van der Waals surface area contributed by atoms with Gasteiger partial charge in [-0.25, -0.2) is 0 Å². The van der Waals surface area contributed by atoms with Crippen LogP contribution in [-0.4, -0.2) is 11.8 Å². The summed E-state index contributed by atoms with van der Waals surface area (Å²) in [6.45, 7) is 0. The van der Waals surface area contributed by atoms with Crippen LogP contribution in [-0.2, 0) is 4.79 Å². The van der Waals surface area contributed by atoms with Crippen molar-refractivity contribution >= 4 is 34.8 Å². The van der Waals surface area contributed by atoms with Crippen LogP contribution in [0.3, 0.4) is 0 Å². The van der Waals surface area contributed by atoms with Crippen molar-refractivity contribution in [1.82, 2.24) is 0 Å². The molecular weight excluding hydrogens is 302 g/mol. The Morgan fingerprint density at radius 2 is 1.50 bits per heavy atom. The minimum Gasteiger partial charge on any atom is -0.325 e. The lowest BCUT2D eigenvalue weighted by Crippen LogP contribution is -2.12. The van der Waals surface area contributed by atoms with E-state index in [1.165, 1.54) is 0 Å². The molecule has 0 spiro atoms. The molecule has 0 fully saturated rings. The first-order valence-electron chi connectivity index (χ1n) is 6.42. The van der Waals surface area contributed by atoms with E-state index in [1.54, 1.807) is 54.6 Å². The molecule has 0 saturated heterocycles. The normalized spacial score (nSPS) is 9.64. The third-order valence-electron chi connectivity index (χ3n) is 2.77. The topological polar surface area (TPSA) is 82.0 Å². The third kappa shape index (κ3) is 4.33. The number of anilines is 2. The summed E-state index contributed by atoms with van der Waals surface area (Å²) in [4.78, 5) is 23.3. The summed E-state index contributed by atoms with van der Waals surface area (Å²) < 4.78 is 0. The van der Waals surface area contributed by atoms with Crippen LogP contribution in [0.1, 0.15) is 16.8 Å². The lowest BCUT2D eigenvalue weighted by Gasteiger charge is -2.07. The molecule has 2 aromatic rings. The summed E-state index contributed by atoms with van der Waals surface area (Å²) in [5, 5.41) is 14.3. The molecular formula is C16H12ClN3O2. The maximum atomic E-state index is 12.0. The van der Waals surface area contributed by atoms with Gasteiger partial charge in [-0.05, 0) is 48.5 Å². The van der Waals surface area contributed by atoms with Crippen molar-refractivity contribution in [1.29, 1.82) is 5.26 Å². The molecule has 6 heteroatoms. The predicted octanol–water partition coefficient (Wildman–Crippen LogP) is 3.44. The van der Waals surface area contributed by atoms with Gasteiger partial charge in [0.25, 0.3) is 5.91 Å². The largest absolute Gasteiger partial charge is 0.325 e. The second kappa shape index (κ2) is 7.25. The van der Waals surface area contributed by atoms with Gasteiger partial charge >= 0.3 is 0 Å². The number of amides is 2. The highest BCUT2D eigenvalue weighted by Crippen LogP contribution is 2.16. The zero-order valence-electron chi connectivity index (χ0n) is 11.5. The SMILES string of the molecule is N#CCC(=O)Nc1ccc(NC(=O)c2ccc(Cl)cc2)cc1. The summed E-state index contributed by atoms with van der Waals surface area (Å²) in [5.41, 5.74) is 1.65. The second-order valence-corrected chi connectivity index (χ2v) is 4.86. The van der Waals surface area contributed by atoms with E-state index >= 15 is 0 Å². The quantitative estimate of drug-likeness (QED) is 0.907. The van der Waals surface area contributed by atoms with E-state index in [9.17, 15) is 9.59 Å². The van der Waals surface area contributed by atoms with Gasteiger partial charge < -0.3 is 10.6 Å². The molecule has 110 valence electrons. The van der Waals surface area contributed by atoms with Gasteiger partial charge in [-0.1, -0.05) is 11.6 Å². The summed E-state index contributed by atoms with van der Waals surface area (Å²) >= 11 is 5.77. The van der Waals surface area contributed by atoms with Crippen LogP contribution >= 0.6 is 11.6 Å². The Morgan fingerprint density at radius 1 is 0.955 bits per heavy atom. The van der Waals surface area contributed by atoms with Crippen molar-refractivity contribution in [3.05, 3.63) is 59.1 Å². The first kappa shape index (κ1) is 15.5. The van der Waals surface area contributed by atoms with E-state index in [2.05, 4.69) is 10.6 Å². The Bertz CT molecular complexity index is 719. The van der Waals surface area contributed by atoms with Gasteiger partial charge in [-0.2, -0.15) is 5.26 Å². The summed E-state index contributed by atoms with van der Waals surface area (Å²) in [5.74, 6) is -0.626. The standard InChI is InChI=1S/C16H12ClN3O2/c17-12-3-1-11(2-4-12)16(22)20-14-7-5-13(6-8-14)19-15(21)9-10-18/h1-8H,9H2,(H,19,21)(H,20,22). The van der Waals surface area contributed by atoms with E-state index in [0.717, 1.165) is 0 Å². The average molecular weight is 314 g/mol. The molecule has 0 aliphatic carbocycles. The number of hydrogen-bond donors (Lipinski definition) is 2. The summed E-state index contributed by atoms with van der Waals surface area (Å²) in [7, 11) is 0. The fraction of sp³-hybridized carbons (Fsp3) is 0.0625. The molecule has 0 unspecified atom stereocenters. The fourth-order valence-corrected chi connectivity index (χ4v) is 1.84. The Kier molecular flexibility index (Phi) is 5.12. The van der Waals surface area contributed by atoms with Crippen molar-refractivity contribution < 1.29 is 9.59 Å². The van der Waals surface area contributed by atoms with Gasteiger partial charge in [0.2, 0.25) is 5.91 Å². The number of nitriles is 1. The third-order valence-corrected chi connectivity index (χ3v) is 3.02. The zero-order chi connectivity index (χ0) is 15.9. The Balaban J connectivity index is 1.99. The Labute approximate surface area is 132 Å². The number of rotatable bonds is 4. The van der Waals surface area contributed by atoms with E-state index in [1.807, 2.05) is 0 Å². The van der Waals surface area contributed by atoms with Crippen molar-refractivity contribution in [2.45, 2.75) is 6.42 Å². The highest BCUT2D eigenvalue weighted by atomic mass is 35.5. The molecule has 2 amide bonds. The molecule has 0 heterocycles. The number of nitrogens with one attached hydrogen (secondary N) is 2. The molecule has 0 aliphatic rings. The van der Waals surface area contributed by atoms with Crippen molar-refractivity contribution in [2.75, 3.05) is 10.6 Å². The molecule has 5 nitrogen and oxygen atoms in total. The summed E-state index contributed by atoms with van der Waals surface area (Å²) in [6, 6.07) is 14.9. The molecule has 0 radical (unpaired) electrons. The maximum Gasteiger partial charge on any atom is 0.255 e. The number of carbonyl (C=O) groups excluding carboxylic acids is 2. The van der Waals surface area contributed by atoms with Crippen LogP contribution < -0.4 is 10.6 Å². The monoisotopic (exact) mass is 313 g/mol. The molecule has 0 bridgehead atoms. The second-order valence-electron chi connectivity index (χ2n) is 4.42. The van der Waals surface area contributed by atoms with Crippen molar-refractivity contribution in [3.8, 4) is 6.07 Å². The molecule has 2 rings (SSSR count). The van der Waals surface area contributed by atoms with Crippen LogP contribution in [0.15, 0.2) is 48.5 Å². The van der Waals surface area contributed by atoms with Crippen LogP contribution in [0.4, 0.5) is 11.4 Å². The average Bonchev–Trinajstić information content (AvgIpc) is 2.50. The smallest absolute Gasteiger partial charge is 0.255 e. The van der Waals surface area contributed by atoms with Gasteiger partial charge in [0.05, 0.1) is 6.07 Å². The number of nitrogens with zero attached hydrogens (tertiary/aromatic N) is 1. The first-order valence-corrected chi connectivity index (χ1v) is 6.80. The van der Waals surface area contributed by atoms with Crippen LogP contribution in [0.5, 0.6) is 0 Å². The van der Waals surface area contributed by atoms with Crippen LogP contribution in [0.2, 0.25) is 5.02 Å². The van der Waals surface area contributed by atoms with Crippen LogP contribution in [0.25, 0.3) is 0 Å². The number of hydrogen-bond acceptors (Lipinski definition) is 3.